The Kier molecular flexibility index (Phi) is 8.35. The normalized spacial score (nSPS) is 11.6. The summed E-state index contributed by atoms with van der Waals surface area (Å²) in [5, 5.41) is 6.49. The predicted octanol–water partition coefficient (Wildman–Crippen LogP) is 2.27. The van der Waals surface area contributed by atoms with Crippen molar-refractivity contribution in [2.45, 2.75) is 13.0 Å². The van der Waals surface area contributed by atoms with Gasteiger partial charge in [-0.15, -0.1) is 0 Å². The third kappa shape index (κ3) is 7.04. The van der Waals surface area contributed by atoms with Crippen LogP contribution in [0.15, 0.2) is 58.1 Å². The number of amides is 2. The number of rotatable bonds is 8. The van der Waals surface area contributed by atoms with Gasteiger partial charge in [0.1, 0.15) is 11.8 Å². The van der Waals surface area contributed by atoms with Crippen molar-refractivity contribution in [3.8, 4) is 5.75 Å². The van der Waals surface area contributed by atoms with E-state index in [-0.39, 0.29) is 12.5 Å². The molecule has 0 saturated carbocycles. The molecule has 152 valence electrons. The number of esters is 1. The van der Waals surface area contributed by atoms with Crippen molar-refractivity contribution >= 4 is 39.9 Å². The van der Waals surface area contributed by atoms with Gasteiger partial charge in [-0.1, -0.05) is 24.3 Å². The third-order valence-electron chi connectivity index (χ3n) is 3.69. The van der Waals surface area contributed by atoms with Gasteiger partial charge in [-0.05, 0) is 52.7 Å². The Balaban J connectivity index is 1.88. The molecule has 0 saturated heterocycles. The minimum absolute atomic E-state index is 0.206. The van der Waals surface area contributed by atoms with Gasteiger partial charge in [-0.2, -0.15) is 5.10 Å². The van der Waals surface area contributed by atoms with Gasteiger partial charge in [-0.25, -0.2) is 10.2 Å². The lowest BCUT2D eigenvalue weighted by molar-refractivity contribution is -0.142. The minimum atomic E-state index is -0.790. The Bertz CT molecular complexity index is 916. The van der Waals surface area contributed by atoms with Crippen LogP contribution in [0, 0.1) is 0 Å². The molecule has 2 aromatic carbocycles. The lowest BCUT2D eigenvalue weighted by Gasteiger charge is -2.12. The second-order valence-corrected chi connectivity index (χ2v) is 6.70. The highest BCUT2D eigenvalue weighted by atomic mass is 79.9. The molecule has 0 bridgehead atoms. The average molecular weight is 462 g/mol. The highest BCUT2D eigenvalue weighted by Gasteiger charge is 2.17. The molecule has 1 atom stereocenters. The maximum absolute atomic E-state index is 12.2. The first-order valence-electron chi connectivity index (χ1n) is 8.58. The number of halogens is 1. The molecule has 2 aromatic rings. The molecular formula is C20H20BrN3O5. The van der Waals surface area contributed by atoms with Gasteiger partial charge in [0.15, 0.2) is 6.61 Å². The van der Waals surface area contributed by atoms with Gasteiger partial charge < -0.3 is 14.8 Å². The van der Waals surface area contributed by atoms with E-state index < -0.39 is 17.9 Å². The number of nitrogens with zero attached hydrogens (tertiary/aromatic N) is 1. The maximum Gasteiger partial charge on any atom is 0.343 e. The van der Waals surface area contributed by atoms with Crippen molar-refractivity contribution in [2.24, 2.45) is 5.10 Å². The van der Waals surface area contributed by atoms with Crippen LogP contribution in [-0.4, -0.2) is 43.8 Å². The summed E-state index contributed by atoms with van der Waals surface area (Å²) in [6, 6.07) is 12.9. The van der Waals surface area contributed by atoms with Crippen molar-refractivity contribution in [3.05, 3.63) is 64.1 Å². The quantitative estimate of drug-likeness (QED) is 0.356. The number of carbonyl (C=O) groups is 3. The van der Waals surface area contributed by atoms with Crippen molar-refractivity contribution in [1.29, 1.82) is 0 Å². The minimum Gasteiger partial charge on any atom is -0.482 e. The van der Waals surface area contributed by atoms with Crippen molar-refractivity contribution in [1.82, 2.24) is 10.7 Å². The van der Waals surface area contributed by atoms with Crippen LogP contribution in [0.4, 0.5) is 0 Å². The van der Waals surface area contributed by atoms with Gasteiger partial charge in [0.05, 0.1) is 18.9 Å². The largest absolute Gasteiger partial charge is 0.482 e. The Morgan fingerprint density at radius 3 is 2.66 bits per heavy atom. The van der Waals surface area contributed by atoms with Gasteiger partial charge in [0.25, 0.3) is 11.8 Å². The number of hydrogen-bond acceptors (Lipinski definition) is 6. The van der Waals surface area contributed by atoms with Gasteiger partial charge in [0, 0.05) is 4.47 Å². The van der Waals surface area contributed by atoms with Crippen LogP contribution in [0.1, 0.15) is 22.8 Å². The zero-order chi connectivity index (χ0) is 21.2. The Morgan fingerprint density at radius 1 is 1.17 bits per heavy atom. The highest BCUT2D eigenvalue weighted by Crippen LogP contribution is 2.15. The fourth-order valence-corrected chi connectivity index (χ4v) is 2.60. The number of hydrazone groups is 1. The number of ether oxygens (including phenoxy) is 2. The molecule has 0 heterocycles. The summed E-state index contributed by atoms with van der Waals surface area (Å²) >= 11 is 3.30. The topological polar surface area (TPSA) is 106 Å². The molecule has 0 radical (unpaired) electrons. The maximum atomic E-state index is 12.2. The third-order valence-corrected chi connectivity index (χ3v) is 4.38. The Hall–Kier alpha value is -3.20. The van der Waals surface area contributed by atoms with E-state index in [2.05, 4.69) is 36.5 Å². The van der Waals surface area contributed by atoms with Gasteiger partial charge in [-0.3, -0.25) is 9.59 Å². The van der Waals surface area contributed by atoms with E-state index in [1.54, 1.807) is 55.5 Å². The number of carbonyl (C=O) groups excluding carboxylic acids is 3. The molecule has 0 fully saturated rings. The molecule has 2 amide bonds. The first kappa shape index (κ1) is 22.1. The second kappa shape index (κ2) is 11.0. The molecule has 1 unspecified atom stereocenters. The van der Waals surface area contributed by atoms with E-state index in [4.69, 9.17) is 4.74 Å². The molecule has 0 aliphatic rings. The summed E-state index contributed by atoms with van der Waals surface area (Å²) < 4.78 is 10.4. The van der Waals surface area contributed by atoms with Crippen LogP contribution in [0.25, 0.3) is 0 Å². The van der Waals surface area contributed by atoms with Crippen LogP contribution in [0.2, 0.25) is 0 Å². The molecule has 0 aromatic heterocycles. The fourth-order valence-electron chi connectivity index (χ4n) is 2.14. The summed E-state index contributed by atoms with van der Waals surface area (Å²) in [7, 11) is 1.28. The molecule has 2 N–H and O–H groups in total. The van der Waals surface area contributed by atoms with Crippen LogP contribution in [0.5, 0.6) is 5.75 Å². The SMILES string of the molecule is COC(=O)COc1cccc(C=NNC(=O)C(C)NC(=O)c2ccccc2Br)c1. The van der Waals surface area contributed by atoms with Gasteiger partial charge >= 0.3 is 5.97 Å². The van der Waals surface area contributed by atoms with E-state index >= 15 is 0 Å². The van der Waals surface area contributed by atoms with E-state index in [1.165, 1.54) is 13.3 Å². The van der Waals surface area contributed by atoms with Gasteiger partial charge in [0.2, 0.25) is 0 Å². The summed E-state index contributed by atoms with van der Waals surface area (Å²) in [5.74, 6) is -0.881. The molecule has 2 rings (SSSR count). The molecule has 29 heavy (non-hydrogen) atoms. The smallest absolute Gasteiger partial charge is 0.343 e. The number of methoxy groups -OCH3 is 1. The summed E-state index contributed by atoms with van der Waals surface area (Å²) in [6.07, 6.45) is 1.42. The number of hydrogen-bond donors (Lipinski definition) is 2. The van der Waals surface area contributed by atoms with Crippen molar-refractivity contribution < 1.29 is 23.9 Å². The summed E-state index contributed by atoms with van der Waals surface area (Å²) in [5.41, 5.74) is 3.45. The van der Waals surface area contributed by atoms with Crippen LogP contribution in [-0.2, 0) is 14.3 Å². The zero-order valence-corrected chi connectivity index (χ0v) is 17.4. The molecule has 9 heteroatoms. The van der Waals surface area contributed by atoms with E-state index in [0.717, 1.165) is 0 Å². The fraction of sp³-hybridized carbons (Fsp3) is 0.200. The molecular weight excluding hydrogens is 442 g/mol. The Morgan fingerprint density at radius 2 is 1.93 bits per heavy atom. The first-order valence-corrected chi connectivity index (χ1v) is 9.38. The molecule has 0 spiro atoms. The molecule has 0 aliphatic heterocycles. The lowest BCUT2D eigenvalue weighted by Crippen LogP contribution is -2.43. The van der Waals surface area contributed by atoms with Crippen molar-refractivity contribution in [2.75, 3.05) is 13.7 Å². The lowest BCUT2D eigenvalue weighted by atomic mass is 10.2. The highest BCUT2D eigenvalue weighted by molar-refractivity contribution is 9.10. The number of nitrogens with one attached hydrogen (secondary N) is 2. The van der Waals surface area contributed by atoms with Crippen LogP contribution >= 0.6 is 15.9 Å². The first-order chi connectivity index (χ1) is 13.9. The van der Waals surface area contributed by atoms with Crippen LogP contribution in [0.3, 0.4) is 0 Å². The average Bonchev–Trinajstić information content (AvgIpc) is 2.72. The zero-order valence-electron chi connectivity index (χ0n) is 15.8. The van der Waals surface area contributed by atoms with Crippen LogP contribution < -0.4 is 15.5 Å². The second-order valence-electron chi connectivity index (χ2n) is 5.85. The van der Waals surface area contributed by atoms with E-state index in [9.17, 15) is 14.4 Å². The summed E-state index contributed by atoms with van der Waals surface area (Å²) in [4.78, 5) is 35.5. The van der Waals surface area contributed by atoms with E-state index in [0.29, 0.717) is 21.3 Å². The van der Waals surface area contributed by atoms with E-state index in [1.807, 2.05) is 0 Å². The van der Waals surface area contributed by atoms with Crippen molar-refractivity contribution in [3.63, 3.8) is 0 Å². The summed E-state index contributed by atoms with van der Waals surface area (Å²) in [6.45, 7) is 1.35. The monoisotopic (exact) mass is 461 g/mol. The molecule has 0 aliphatic carbocycles. The number of benzene rings is 2. The molecule has 8 nitrogen and oxygen atoms in total. The Labute approximate surface area is 176 Å². The standard InChI is InChI=1S/C20H20BrN3O5/c1-13(23-20(27)16-8-3-4-9-17(16)21)19(26)24-22-11-14-6-5-7-15(10-14)29-12-18(25)28-2/h3-11,13H,12H2,1-2H3,(H,23,27)(H,24,26). The predicted molar refractivity (Wildman–Crippen MR) is 111 cm³/mol.